The quantitative estimate of drug-likeness (QED) is 0.547. The third-order valence-corrected chi connectivity index (χ3v) is 3.85. The van der Waals surface area contributed by atoms with Crippen molar-refractivity contribution in [3.05, 3.63) is 0 Å². The van der Waals surface area contributed by atoms with E-state index in [1.165, 1.54) is 0 Å². The molecule has 1 rings (SSSR count). The number of ether oxygens (including phenoxy) is 1. The maximum atomic E-state index is 11.5. The fourth-order valence-corrected chi connectivity index (χ4v) is 2.70. The average Bonchev–Trinajstić information content (AvgIpc) is 2.18. The normalized spacial score (nSPS) is 17.8. The predicted octanol–water partition coefficient (Wildman–Crippen LogP) is -0.893. The number of methoxy groups -OCH3 is 1. The molecule has 0 aliphatic carbocycles. The highest BCUT2D eigenvalue weighted by atomic mass is 32.2. The molecular formula is C10H20N2O3S. The van der Waals surface area contributed by atoms with Crippen molar-refractivity contribution in [1.82, 2.24) is 10.6 Å². The van der Waals surface area contributed by atoms with Gasteiger partial charge >= 0.3 is 0 Å². The lowest BCUT2D eigenvalue weighted by Gasteiger charge is -2.26. The van der Waals surface area contributed by atoms with E-state index in [1.54, 1.807) is 7.11 Å². The summed E-state index contributed by atoms with van der Waals surface area (Å²) < 4.78 is 16.4. The monoisotopic (exact) mass is 248 g/mol. The summed E-state index contributed by atoms with van der Waals surface area (Å²) >= 11 is 0. The molecule has 0 bridgehead atoms. The van der Waals surface area contributed by atoms with E-state index in [0.29, 0.717) is 24.8 Å². The molecule has 1 amide bonds. The molecule has 1 unspecified atom stereocenters. The summed E-state index contributed by atoms with van der Waals surface area (Å²) in [6.45, 7) is 3.09. The molecule has 1 heterocycles. The standard InChI is InChI=1S/C10H20N2O3S/c1-15-4-2-3-12-10(13)8-16(14)7-9-5-11-6-9/h9,11H,2-8H2,1H3,(H,12,13). The molecule has 0 aromatic rings. The van der Waals surface area contributed by atoms with Crippen LogP contribution in [0.15, 0.2) is 0 Å². The molecule has 5 nitrogen and oxygen atoms in total. The van der Waals surface area contributed by atoms with E-state index in [4.69, 9.17) is 4.74 Å². The number of nitrogens with one attached hydrogen (secondary N) is 2. The summed E-state index contributed by atoms with van der Waals surface area (Å²) in [6.07, 6.45) is 0.793. The minimum Gasteiger partial charge on any atom is -0.385 e. The Morgan fingerprint density at radius 2 is 2.31 bits per heavy atom. The van der Waals surface area contributed by atoms with Crippen molar-refractivity contribution >= 4 is 16.7 Å². The van der Waals surface area contributed by atoms with E-state index in [1.807, 2.05) is 0 Å². The average molecular weight is 248 g/mol. The zero-order chi connectivity index (χ0) is 11.8. The number of hydrogen-bond donors (Lipinski definition) is 2. The van der Waals surface area contributed by atoms with Crippen molar-refractivity contribution in [1.29, 1.82) is 0 Å². The highest BCUT2D eigenvalue weighted by Crippen LogP contribution is 2.04. The molecule has 1 saturated heterocycles. The van der Waals surface area contributed by atoms with E-state index in [2.05, 4.69) is 10.6 Å². The molecule has 94 valence electrons. The largest absolute Gasteiger partial charge is 0.385 e. The second-order valence-corrected chi connectivity index (χ2v) is 5.47. The van der Waals surface area contributed by atoms with Crippen LogP contribution in [-0.2, 0) is 20.3 Å². The van der Waals surface area contributed by atoms with E-state index >= 15 is 0 Å². The van der Waals surface area contributed by atoms with Gasteiger partial charge in [0.05, 0.1) is 0 Å². The Morgan fingerprint density at radius 3 is 2.88 bits per heavy atom. The van der Waals surface area contributed by atoms with Crippen LogP contribution in [0.4, 0.5) is 0 Å². The molecule has 1 atom stereocenters. The Balaban J connectivity index is 2.01. The molecular weight excluding hydrogens is 228 g/mol. The van der Waals surface area contributed by atoms with Gasteiger partial charge in [-0.1, -0.05) is 0 Å². The van der Waals surface area contributed by atoms with Gasteiger partial charge in [0.1, 0.15) is 5.75 Å². The van der Waals surface area contributed by atoms with E-state index < -0.39 is 10.8 Å². The summed E-state index contributed by atoms with van der Waals surface area (Å²) in [5.74, 6) is 1.13. The molecule has 0 saturated carbocycles. The lowest BCUT2D eigenvalue weighted by atomic mass is 10.1. The second-order valence-electron chi connectivity index (χ2n) is 3.97. The molecule has 6 heteroatoms. The van der Waals surface area contributed by atoms with Gasteiger partial charge < -0.3 is 15.4 Å². The highest BCUT2D eigenvalue weighted by Gasteiger charge is 2.20. The topological polar surface area (TPSA) is 67.4 Å². The number of carbonyl (C=O) groups is 1. The molecule has 0 radical (unpaired) electrons. The Kier molecular flexibility index (Phi) is 6.59. The summed E-state index contributed by atoms with van der Waals surface area (Å²) in [5.41, 5.74) is 0. The van der Waals surface area contributed by atoms with Crippen molar-refractivity contribution < 1.29 is 13.7 Å². The highest BCUT2D eigenvalue weighted by molar-refractivity contribution is 7.85. The fraction of sp³-hybridized carbons (Fsp3) is 0.900. The van der Waals surface area contributed by atoms with Gasteiger partial charge in [-0.2, -0.15) is 0 Å². The van der Waals surface area contributed by atoms with Crippen LogP contribution in [0.2, 0.25) is 0 Å². The van der Waals surface area contributed by atoms with Crippen LogP contribution in [0.3, 0.4) is 0 Å². The van der Waals surface area contributed by atoms with Gasteiger partial charge in [0.15, 0.2) is 0 Å². The van der Waals surface area contributed by atoms with Crippen LogP contribution in [0, 0.1) is 5.92 Å². The van der Waals surface area contributed by atoms with E-state index in [-0.39, 0.29) is 11.7 Å². The lowest BCUT2D eigenvalue weighted by molar-refractivity contribution is -0.118. The fourth-order valence-electron chi connectivity index (χ4n) is 1.43. The Labute approximate surface area is 98.8 Å². The zero-order valence-electron chi connectivity index (χ0n) is 9.66. The second kappa shape index (κ2) is 7.76. The Hall–Kier alpha value is -0.460. The van der Waals surface area contributed by atoms with Gasteiger partial charge in [-0.15, -0.1) is 0 Å². The SMILES string of the molecule is COCCCNC(=O)CS(=O)CC1CNC1. The van der Waals surface area contributed by atoms with Crippen LogP contribution in [0.5, 0.6) is 0 Å². The van der Waals surface area contributed by atoms with Gasteiger partial charge in [0.25, 0.3) is 0 Å². The summed E-state index contributed by atoms with van der Waals surface area (Å²) in [5, 5.41) is 5.85. The molecule has 1 fully saturated rings. The van der Waals surface area contributed by atoms with Gasteiger partial charge in [-0.25, -0.2) is 0 Å². The van der Waals surface area contributed by atoms with Crippen molar-refractivity contribution in [3.63, 3.8) is 0 Å². The molecule has 1 aliphatic heterocycles. The first-order valence-electron chi connectivity index (χ1n) is 5.53. The third kappa shape index (κ3) is 5.58. The first-order chi connectivity index (χ1) is 7.72. The lowest BCUT2D eigenvalue weighted by Crippen LogP contribution is -2.45. The Morgan fingerprint density at radius 1 is 1.56 bits per heavy atom. The first kappa shape index (κ1) is 13.6. The van der Waals surface area contributed by atoms with Crippen LogP contribution >= 0.6 is 0 Å². The van der Waals surface area contributed by atoms with Crippen molar-refractivity contribution in [2.75, 3.05) is 44.9 Å². The third-order valence-electron chi connectivity index (χ3n) is 2.43. The van der Waals surface area contributed by atoms with Gasteiger partial charge in [-0.05, 0) is 12.3 Å². The number of amides is 1. The van der Waals surface area contributed by atoms with Crippen LogP contribution in [0.1, 0.15) is 6.42 Å². The molecule has 1 aliphatic rings. The van der Waals surface area contributed by atoms with E-state index in [0.717, 1.165) is 19.5 Å². The maximum Gasteiger partial charge on any atom is 0.232 e. The number of rotatable bonds is 8. The van der Waals surface area contributed by atoms with Crippen molar-refractivity contribution in [2.45, 2.75) is 6.42 Å². The summed E-state index contributed by atoms with van der Waals surface area (Å²) in [7, 11) is 0.609. The number of carbonyl (C=O) groups excluding carboxylic acids is 1. The summed E-state index contributed by atoms with van der Waals surface area (Å²) in [4.78, 5) is 11.3. The van der Waals surface area contributed by atoms with Crippen molar-refractivity contribution in [2.24, 2.45) is 5.92 Å². The minimum atomic E-state index is -1.02. The molecule has 0 aromatic heterocycles. The zero-order valence-corrected chi connectivity index (χ0v) is 10.5. The Bertz CT molecular complexity index is 244. The van der Waals surface area contributed by atoms with Crippen LogP contribution in [-0.4, -0.2) is 55.0 Å². The molecule has 2 N–H and O–H groups in total. The van der Waals surface area contributed by atoms with Gasteiger partial charge in [0.2, 0.25) is 5.91 Å². The van der Waals surface area contributed by atoms with Crippen molar-refractivity contribution in [3.8, 4) is 0 Å². The maximum absolute atomic E-state index is 11.5. The summed E-state index contributed by atoms with van der Waals surface area (Å²) in [6, 6.07) is 0. The van der Waals surface area contributed by atoms with E-state index in [9.17, 15) is 9.00 Å². The first-order valence-corrected chi connectivity index (χ1v) is 7.02. The minimum absolute atomic E-state index is 0.123. The smallest absolute Gasteiger partial charge is 0.232 e. The molecule has 0 spiro atoms. The van der Waals surface area contributed by atoms with Gasteiger partial charge in [-0.3, -0.25) is 9.00 Å². The molecule has 0 aromatic carbocycles. The van der Waals surface area contributed by atoms with Crippen LogP contribution < -0.4 is 10.6 Å². The van der Waals surface area contributed by atoms with Gasteiger partial charge in [0, 0.05) is 49.9 Å². The number of hydrogen-bond acceptors (Lipinski definition) is 4. The predicted molar refractivity (Wildman–Crippen MR) is 63.7 cm³/mol. The van der Waals surface area contributed by atoms with Crippen LogP contribution in [0.25, 0.3) is 0 Å². The molecule has 16 heavy (non-hydrogen) atoms.